The van der Waals surface area contributed by atoms with Crippen LogP contribution in [0.1, 0.15) is 0 Å². The van der Waals surface area contributed by atoms with Crippen molar-refractivity contribution in [1.82, 2.24) is 39.9 Å². The zero-order valence-corrected chi connectivity index (χ0v) is 12.6. The Bertz CT molecular complexity index is 356. The minimum absolute atomic E-state index is 0. The van der Waals surface area contributed by atoms with Crippen LogP contribution in [-0.2, 0) is 21.7 Å². The number of nitrogens with zero attached hydrogens (tertiary/aromatic N) is 8. The first-order chi connectivity index (χ1) is 10.0. The van der Waals surface area contributed by atoms with Crippen molar-refractivity contribution in [3.63, 3.8) is 0 Å². The molecule has 0 radical (unpaired) electrons. The summed E-state index contributed by atoms with van der Waals surface area (Å²) in [5, 5.41) is 0. The molecule has 4 heterocycles. The second-order valence-corrected chi connectivity index (χ2v) is 2.85. The molecule has 9 heteroatoms. The molecule has 0 aliphatic heterocycles. The van der Waals surface area contributed by atoms with Crippen LogP contribution in [-0.4, -0.2) is 19.9 Å². The largest absolute Gasteiger partial charge is 4.00 e. The van der Waals surface area contributed by atoms with Gasteiger partial charge < -0.3 is 39.9 Å². The summed E-state index contributed by atoms with van der Waals surface area (Å²) in [6.07, 6.45) is 19.1. The van der Waals surface area contributed by atoms with Crippen LogP contribution < -0.4 is 19.9 Å². The molecule has 0 fully saturated rings. The molecule has 0 amide bonds. The Hall–Kier alpha value is -2.45. The summed E-state index contributed by atoms with van der Waals surface area (Å²) in [5.74, 6) is 0. The van der Waals surface area contributed by atoms with Crippen LogP contribution in [0.2, 0.25) is 0 Å². The van der Waals surface area contributed by atoms with E-state index in [2.05, 4.69) is 39.9 Å². The van der Waals surface area contributed by atoms with Crippen molar-refractivity contribution in [2.45, 2.75) is 0 Å². The van der Waals surface area contributed by atoms with Crippen molar-refractivity contribution >= 4 is 0 Å². The predicted molar refractivity (Wildman–Crippen MR) is 70.2 cm³/mol. The quantitative estimate of drug-likeness (QED) is 0.422. The average molecular weight is 316 g/mol. The van der Waals surface area contributed by atoms with Gasteiger partial charge in [-0.2, -0.15) is 0 Å². The minimum Gasteiger partial charge on any atom is -0.450 e. The van der Waals surface area contributed by atoms with Gasteiger partial charge in [-0.15, -0.1) is 0 Å². The van der Waals surface area contributed by atoms with E-state index >= 15 is 0 Å². The van der Waals surface area contributed by atoms with Gasteiger partial charge in [-0.25, -0.2) is 0 Å². The van der Waals surface area contributed by atoms with E-state index in [-0.39, 0.29) is 21.7 Å². The van der Waals surface area contributed by atoms with Gasteiger partial charge >= 0.3 is 21.7 Å². The Morgan fingerprint density at radius 2 is 0.667 bits per heavy atom. The molecule has 0 atom stereocenters. The van der Waals surface area contributed by atoms with Gasteiger partial charge in [0.25, 0.3) is 0 Å². The molecular formula is C12H12N8Ti. The molecule has 0 aliphatic carbocycles. The SMILES string of the molecule is [Ti+4].c1c[n-]cn1.c1c[n-]cn1.c1c[n-]cn1.c1c[n-]cn1. The average Bonchev–Trinajstić information content (AvgIpc) is 3.40. The molecule has 4 rings (SSSR count). The molecular weight excluding hydrogens is 304 g/mol. The van der Waals surface area contributed by atoms with E-state index in [0.717, 1.165) is 0 Å². The number of rotatable bonds is 0. The maximum Gasteiger partial charge on any atom is 4.00 e. The van der Waals surface area contributed by atoms with E-state index < -0.39 is 0 Å². The van der Waals surface area contributed by atoms with Crippen molar-refractivity contribution in [3.05, 3.63) is 74.9 Å². The molecule has 0 unspecified atom stereocenters. The van der Waals surface area contributed by atoms with Gasteiger partial charge in [0.15, 0.2) is 0 Å². The van der Waals surface area contributed by atoms with Crippen molar-refractivity contribution in [2.75, 3.05) is 0 Å². The first kappa shape index (κ1) is 18.6. The van der Waals surface area contributed by atoms with E-state index in [1.807, 2.05) is 0 Å². The van der Waals surface area contributed by atoms with Crippen LogP contribution in [0.3, 0.4) is 0 Å². The molecule has 0 spiro atoms. The fraction of sp³-hybridized carbons (Fsp3) is 0. The molecule has 4 aromatic rings. The van der Waals surface area contributed by atoms with E-state index in [9.17, 15) is 0 Å². The number of hydrogen-bond donors (Lipinski definition) is 0. The summed E-state index contributed by atoms with van der Waals surface area (Å²) in [6.45, 7) is 0. The van der Waals surface area contributed by atoms with Gasteiger partial charge in [0.05, 0.1) is 0 Å². The first-order valence-electron chi connectivity index (χ1n) is 5.46. The standard InChI is InChI=1S/4C3H3N2.Ti/c4*1-2-5-3-4-1;/h4*1-3H;/q4*-1;+4. The molecule has 104 valence electrons. The van der Waals surface area contributed by atoms with Crippen molar-refractivity contribution in [3.8, 4) is 0 Å². The summed E-state index contributed by atoms with van der Waals surface area (Å²) in [6, 6.07) is 0. The van der Waals surface area contributed by atoms with Crippen molar-refractivity contribution in [1.29, 1.82) is 0 Å². The third-order valence-electron chi connectivity index (χ3n) is 1.49. The Morgan fingerprint density at radius 3 is 0.714 bits per heavy atom. The molecule has 4 aromatic heterocycles. The third kappa shape index (κ3) is 13.8. The van der Waals surface area contributed by atoms with Gasteiger partial charge in [-0.3, -0.25) is 0 Å². The molecule has 0 saturated carbocycles. The molecule has 0 N–H and O–H groups in total. The fourth-order valence-corrected chi connectivity index (χ4v) is 0.770. The summed E-state index contributed by atoms with van der Waals surface area (Å²) in [5.41, 5.74) is 0. The molecule has 21 heavy (non-hydrogen) atoms. The molecule has 0 aromatic carbocycles. The zero-order valence-electron chi connectivity index (χ0n) is 11.0. The van der Waals surface area contributed by atoms with Gasteiger partial charge in [0.2, 0.25) is 0 Å². The van der Waals surface area contributed by atoms with Crippen LogP contribution in [0.4, 0.5) is 0 Å². The molecule has 0 saturated heterocycles. The van der Waals surface area contributed by atoms with Crippen LogP contribution in [0.5, 0.6) is 0 Å². The maximum atomic E-state index is 3.61. The summed E-state index contributed by atoms with van der Waals surface area (Å²) >= 11 is 0. The topological polar surface area (TPSA) is 108 Å². The molecule has 0 aliphatic rings. The summed E-state index contributed by atoms with van der Waals surface area (Å²) < 4.78 is 0. The van der Waals surface area contributed by atoms with Gasteiger partial charge in [-0.05, 0) is 0 Å². The van der Waals surface area contributed by atoms with Gasteiger partial charge in [0.1, 0.15) is 0 Å². The third-order valence-corrected chi connectivity index (χ3v) is 1.49. The normalized spacial score (nSPS) is 7.62. The van der Waals surface area contributed by atoms with Crippen LogP contribution >= 0.6 is 0 Å². The Labute approximate surface area is 136 Å². The van der Waals surface area contributed by atoms with Crippen LogP contribution in [0.25, 0.3) is 0 Å². The number of aromatic nitrogens is 8. The van der Waals surface area contributed by atoms with Crippen LogP contribution in [0.15, 0.2) is 74.9 Å². The second kappa shape index (κ2) is 15.6. The van der Waals surface area contributed by atoms with E-state index in [1.165, 1.54) is 25.3 Å². The molecule has 8 nitrogen and oxygen atoms in total. The van der Waals surface area contributed by atoms with Crippen molar-refractivity contribution in [2.24, 2.45) is 0 Å². The smallest absolute Gasteiger partial charge is 0.450 e. The minimum atomic E-state index is 0. The van der Waals surface area contributed by atoms with Crippen LogP contribution in [0, 0.1) is 0 Å². The maximum absolute atomic E-state index is 3.61. The fourth-order valence-electron chi connectivity index (χ4n) is 0.770. The van der Waals surface area contributed by atoms with E-state index in [1.54, 1.807) is 49.6 Å². The predicted octanol–water partition coefficient (Wildman–Crippen LogP) is 0.153. The monoisotopic (exact) mass is 316 g/mol. The van der Waals surface area contributed by atoms with E-state index in [0.29, 0.717) is 0 Å². The van der Waals surface area contributed by atoms with Gasteiger partial charge in [-0.1, -0.05) is 74.9 Å². The summed E-state index contributed by atoms with van der Waals surface area (Å²) in [7, 11) is 0. The zero-order chi connectivity index (χ0) is 14.1. The summed E-state index contributed by atoms with van der Waals surface area (Å²) in [4.78, 5) is 28.9. The Kier molecular flexibility index (Phi) is 13.8. The van der Waals surface area contributed by atoms with Crippen molar-refractivity contribution < 1.29 is 21.7 Å². The number of imidazole rings is 4. The molecule has 0 bridgehead atoms. The Morgan fingerprint density at radius 1 is 0.429 bits per heavy atom. The van der Waals surface area contributed by atoms with Gasteiger partial charge in [0, 0.05) is 0 Å². The number of hydrogen-bond acceptors (Lipinski definition) is 4. The Balaban J connectivity index is 0.000000250. The first-order valence-corrected chi connectivity index (χ1v) is 5.46. The second-order valence-electron chi connectivity index (χ2n) is 2.85. The van der Waals surface area contributed by atoms with E-state index in [4.69, 9.17) is 0 Å².